The average molecular weight is 287 g/mol. The molecule has 0 aliphatic carbocycles. The summed E-state index contributed by atoms with van der Waals surface area (Å²) in [5, 5.41) is 5.51. The van der Waals surface area contributed by atoms with Gasteiger partial charge >= 0.3 is 0 Å². The topological polar surface area (TPSA) is 69.4 Å². The molecule has 0 saturated heterocycles. The van der Waals surface area contributed by atoms with Crippen LogP contribution in [0.15, 0.2) is 24.4 Å². The summed E-state index contributed by atoms with van der Waals surface area (Å²) in [5.74, 6) is 2.37. The lowest BCUT2D eigenvalue weighted by atomic mass is 9.96. The number of nitrogens with one attached hydrogen (secondary N) is 1. The Balaban J connectivity index is 2.07. The van der Waals surface area contributed by atoms with Gasteiger partial charge in [-0.2, -0.15) is 0 Å². The number of aromatic nitrogens is 1. The van der Waals surface area contributed by atoms with Gasteiger partial charge in [-0.1, -0.05) is 0 Å². The molecular formula is C16H21N3O2. The molecule has 0 amide bonds. The number of nitrogens with two attached hydrogens (primary N) is 1. The number of benzene rings is 1. The monoisotopic (exact) mass is 287 g/mol. The maximum atomic E-state index is 6.04. The van der Waals surface area contributed by atoms with Crippen LogP contribution in [0.5, 0.6) is 11.5 Å². The Morgan fingerprint density at radius 3 is 2.57 bits per heavy atom. The van der Waals surface area contributed by atoms with Gasteiger partial charge in [0.2, 0.25) is 0 Å². The van der Waals surface area contributed by atoms with Crippen LogP contribution in [0, 0.1) is 0 Å². The number of hydrogen-bond acceptors (Lipinski definition) is 5. The van der Waals surface area contributed by atoms with Gasteiger partial charge in [0.15, 0.2) is 11.5 Å². The molecule has 3 rings (SSSR count). The molecule has 1 aliphatic rings. The van der Waals surface area contributed by atoms with Crippen molar-refractivity contribution in [1.29, 1.82) is 0 Å². The highest BCUT2D eigenvalue weighted by atomic mass is 16.6. The lowest BCUT2D eigenvalue weighted by molar-refractivity contribution is 0.172. The van der Waals surface area contributed by atoms with Crippen LogP contribution in [-0.2, 0) is 0 Å². The fourth-order valence-electron chi connectivity index (χ4n) is 2.23. The minimum Gasteiger partial charge on any atom is -0.486 e. The maximum Gasteiger partial charge on any atom is 0.162 e. The molecule has 0 saturated carbocycles. The number of ether oxygens (including phenoxy) is 2. The van der Waals surface area contributed by atoms with Gasteiger partial charge in [-0.25, -0.2) is 4.98 Å². The zero-order valence-corrected chi connectivity index (χ0v) is 12.6. The third-order valence-corrected chi connectivity index (χ3v) is 4.01. The van der Waals surface area contributed by atoms with Crippen LogP contribution in [0.1, 0.15) is 20.8 Å². The molecule has 2 aromatic rings. The van der Waals surface area contributed by atoms with Crippen LogP contribution in [-0.4, -0.2) is 29.8 Å². The molecule has 1 aromatic heterocycles. The molecule has 5 nitrogen and oxygen atoms in total. The molecule has 2 heterocycles. The van der Waals surface area contributed by atoms with Crippen LogP contribution >= 0.6 is 0 Å². The minimum absolute atomic E-state index is 0.00762. The smallest absolute Gasteiger partial charge is 0.162 e. The quantitative estimate of drug-likeness (QED) is 0.908. The summed E-state index contributed by atoms with van der Waals surface area (Å²) in [7, 11) is 0. The minimum atomic E-state index is -0.255. The highest BCUT2D eigenvalue weighted by Gasteiger charge is 2.24. The average Bonchev–Trinajstić information content (AvgIpc) is 2.45. The summed E-state index contributed by atoms with van der Waals surface area (Å²) in [6, 6.07) is 5.94. The predicted octanol–water partition coefficient (Wildman–Crippen LogP) is 2.54. The first kappa shape index (κ1) is 13.9. The van der Waals surface area contributed by atoms with E-state index in [1.54, 1.807) is 6.20 Å². The molecule has 1 unspecified atom stereocenters. The van der Waals surface area contributed by atoms with Gasteiger partial charge in [0.25, 0.3) is 0 Å². The number of pyridine rings is 1. The van der Waals surface area contributed by atoms with E-state index in [-0.39, 0.29) is 11.6 Å². The molecule has 1 atom stereocenters. The second-order valence-corrected chi connectivity index (χ2v) is 6.01. The highest BCUT2D eigenvalue weighted by Crippen LogP contribution is 2.37. The van der Waals surface area contributed by atoms with E-state index in [1.807, 2.05) is 25.1 Å². The highest BCUT2D eigenvalue weighted by molar-refractivity contribution is 5.94. The maximum absolute atomic E-state index is 6.04. The van der Waals surface area contributed by atoms with E-state index in [1.165, 1.54) is 0 Å². The summed E-state index contributed by atoms with van der Waals surface area (Å²) in [6.45, 7) is 7.28. The van der Waals surface area contributed by atoms with Crippen LogP contribution in [0.2, 0.25) is 0 Å². The van der Waals surface area contributed by atoms with Gasteiger partial charge in [-0.15, -0.1) is 0 Å². The lowest BCUT2D eigenvalue weighted by Crippen LogP contribution is -2.47. The molecule has 3 N–H and O–H groups in total. The van der Waals surface area contributed by atoms with Gasteiger partial charge in [-0.05, 0) is 44.4 Å². The van der Waals surface area contributed by atoms with Crippen molar-refractivity contribution < 1.29 is 9.47 Å². The first-order valence-electron chi connectivity index (χ1n) is 7.19. The van der Waals surface area contributed by atoms with Crippen LogP contribution in [0.4, 0.5) is 5.82 Å². The van der Waals surface area contributed by atoms with E-state index in [2.05, 4.69) is 24.1 Å². The van der Waals surface area contributed by atoms with Gasteiger partial charge in [0, 0.05) is 23.2 Å². The molecule has 0 radical (unpaired) electrons. The van der Waals surface area contributed by atoms with Crippen molar-refractivity contribution in [1.82, 2.24) is 4.98 Å². The number of anilines is 1. The Kier molecular flexibility index (Phi) is 3.37. The van der Waals surface area contributed by atoms with E-state index in [0.29, 0.717) is 13.2 Å². The Hall–Kier alpha value is -2.01. The second kappa shape index (κ2) is 5.07. The van der Waals surface area contributed by atoms with Crippen molar-refractivity contribution >= 4 is 16.6 Å². The fraction of sp³-hybridized carbons (Fsp3) is 0.438. The molecule has 112 valence electrons. The van der Waals surface area contributed by atoms with Gasteiger partial charge < -0.3 is 20.5 Å². The largest absolute Gasteiger partial charge is 0.486 e. The molecule has 1 aromatic carbocycles. The van der Waals surface area contributed by atoms with Crippen LogP contribution in [0.25, 0.3) is 10.8 Å². The van der Waals surface area contributed by atoms with Crippen molar-refractivity contribution in [2.45, 2.75) is 32.4 Å². The molecule has 5 heteroatoms. The van der Waals surface area contributed by atoms with Gasteiger partial charge in [0.1, 0.15) is 19.0 Å². The van der Waals surface area contributed by atoms with Crippen molar-refractivity contribution in [3.05, 3.63) is 24.4 Å². The summed E-state index contributed by atoms with van der Waals surface area (Å²) in [6.07, 6.45) is 1.79. The molecule has 21 heavy (non-hydrogen) atoms. The number of hydrogen-bond donors (Lipinski definition) is 2. The summed E-state index contributed by atoms with van der Waals surface area (Å²) < 4.78 is 11.3. The van der Waals surface area contributed by atoms with E-state index in [9.17, 15) is 0 Å². The van der Waals surface area contributed by atoms with Crippen molar-refractivity contribution in [2.24, 2.45) is 5.73 Å². The summed E-state index contributed by atoms with van der Waals surface area (Å²) in [5.41, 5.74) is 5.78. The Bertz CT molecular complexity index is 668. The Morgan fingerprint density at radius 1 is 1.24 bits per heavy atom. The summed E-state index contributed by atoms with van der Waals surface area (Å²) in [4.78, 5) is 4.46. The standard InChI is InChI=1S/C16H21N3O2/c1-10(17)16(2,3)19-15-12-9-14-13(20-6-7-21-14)8-11(12)4-5-18-15/h4-5,8-10H,6-7,17H2,1-3H3,(H,18,19). The molecule has 0 fully saturated rings. The fourth-order valence-corrected chi connectivity index (χ4v) is 2.23. The first-order valence-corrected chi connectivity index (χ1v) is 7.19. The van der Waals surface area contributed by atoms with Crippen molar-refractivity contribution in [2.75, 3.05) is 18.5 Å². The lowest BCUT2D eigenvalue weighted by Gasteiger charge is -2.31. The SMILES string of the molecule is CC(N)C(C)(C)Nc1nccc2cc3c(cc12)OCCO3. The number of rotatable bonds is 3. The van der Waals surface area contributed by atoms with E-state index < -0.39 is 0 Å². The van der Waals surface area contributed by atoms with E-state index in [0.717, 1.165) is 28.1 Å². The third kappa shape index (κ3) is 2.61. The second-order valence-electron chi connectivity index (χ2n) is 6.01. The molecule has 0 bridgehead atoms. The van der Waals surface area contributed by atoms with Gasteiger partial charge in [0.05, 0.1) is 0 Å². The van der Waals surface area contributed by atoms with E-state index >= 15 is 0 Å². The Labute approximate surface area is 124 Å². The molecular weight excluding hydrogens is 266 g/mol. The normalized spacial score (nSPS) is 15.8. The van der Waals surface area contributed by atoms with Crippen molar-refractivity contribution in [3.8, 4) is 11.5 Å². The molecule has 1 aliphatic heterocycles. The summed E-state index contributed by atoms with van der Waals surface area (Å²) >= 11 is 0. The van der Waals surface area contributed by atoms with E-state index in [4.69, 9.17) is 15.2 Å². The van der Waals surface area contributed by atoms with Crippen molar-refractivity contribution in [3.63, 3.8) is 0 Å². The van der Waals surface area contributed by atoms with Crippen LogP contribution < -0.4 is 20.5 Å². The Morgan fingerprint density at radius 2 is 1.90 bits per heavy atom. The third-order valence-electron chi connectivity index (χ3n) is 4.01. The van der Waals surface area contributed by atoms with Crippen LogP contribution in [0.3, 0.4) is 0 Å². The first-order chi connectivity index (χ1) is 9.97. The number of fused-ring (bicyclic) bond motifs is 2. The number of nitrogens with zero attached hydrogens (tertiary/aromatic N) is 1. The zero-order valence-electron chi connectivity index (χ0n) is 12.6. The molecule has 0 spiro atoms. The van der Waals surface area contributed by atoms with Gasteiger partial charge in [-0.3, -0.25) is 0 Å². The zero-order chi connectivity index (χ0) is 15.0. The predicted molar refractivity (Wildman–Crippen MR) is 84.1 cm³/mol.